The summed E-state index contributed by atoms with van der Waals surface area (Å²) >= 11 is 0. The lowest BCUT2D eigenvalue weighted by Gasteiger charge is -2.13. The fourth-order valence-electron chi connectivity index (χ4n) is 0.643. The van der Waals surface area contributed by atoms with E-state index in [1.165, 1.54) is 14.0 Å². The zero-order chi connectivity index (χ0) is 9.02. The molecule has 0 amide bonds. The Kier molecular flexibility index (Phi) is 3.53. The number of methoxy groups -OCH3 is 1. The van der Waals surface area contributed by atoms with Gasteiger partial charge in [0.25, 0.3) is 0 Å². The zero-order valence-electron chi connectivity index (χ0n) is 6.27. The van der Waals surface area contributed by atoms with Crippen molar-refractivity contribution in [3.63, 3.8) is 0 Å². The largest absolute Gasteiger partial charge is 0.481 e. The van der Waals surface area contributed by atoms with Gasteiger partial charge in [0, 0.05) is 7.11 Å². The van der Waals surface area contributed by atoms with Crippen LogP contribution in [-0.4, -0.2) is 35.4 Å². The quantitative estimate of drug-likeness (QED) is 0.559. The van der Waals surface area contributed by atoms with E-state index in [1.807, 2.05) is 0 Å². The van der Waals surface area contributed by atoms with Crippen LogP contribution in [0.25, 0.3) is 0 Å². The molecule has 5 nitrogen and oxygen atoms in total. The van der Waals surface area contributed by atoms with Gasteiger partial charge >= 0.3 is 11.9 Å². The summed E-state index contributed by atoms with van der Waals surface area (Å²) in [7, 11) is 1.27. The molecule has 2 N–H and O–H groups in total. The first-order valence-electron chi connectivity index (χ1n) is 2.99. The summed E-state index contributed by atoms with van der Waals surface area (Å²) in [5, 5.41) is 16.8. The van der Waals surface area contributed by atoms with Gasteiger partial charge in [0.05, 0.1) is 6.10 Å². The summed E-state index contributed by atoms with van der Waals surface area (Å²) in [4.78, 5) is 20.6. The number of carboxylic acid groups (broad SMARTS) is 2. The molecule has 0 spiro atoms. The molecule has 1 unspecified atom stereocenters. The second-order valence-electron chi connectivity index (χ2n) is 2.09. The van der Waals surface area contributed by atoms with Crippen LogP contribution in [0, 0.1) is 5.92 Å². The van der Waals surface area contributed by atoms with E-state index in [1.54, 1.807) is 0 Å². The van der Waals surface area contributed by atoms with E-state index < -0.39 is 24.0 Å². The number of ether oxygens (including phenoxy) is 1. The molecule has 0 radical (unpaired) electrons. The molecule has 0 rings (SSSR count). The minimum Gasteiger partial charge on any atom is -0.481 e. The van der Waals surface area contributed by atoms with Crippen molar-refractivity contribution in [1.29, 1.82) is 0 Å². The van der Waals surface area contributed by atoms with E-state index in [0.29, 0.717) is 0 Å². The minimum absolute atomic E-state index is 0.815. The first-order chi connectivity index (χ1) is 5.00. The third-order valence-corrected chi connectivity index (χ3v) is 1.37. The summed E-state index contributed by atoms with van der Waals surface area (Å²) in [6, 6.07) is 0. The van der Waals surface area contributed by atoms with Gasteiger partial charge in [0.15, 0.2) is 5.92 Å². The van der Waals surface area contributed by atoms with Gasteiger partial charge in [-0.25, -0.2) is 0 Å². The van der Waals surface area contributed by atoms with Crippen LogP contribution in [0.2, 0.25) is 0 Å². The Morgan fingerprint density at radius 2 is 1.64 bits per heavy atom. The average molecular weight is 162 g/mol. The topological polar surface area (TPSA) is 83.8 Å². The van der Waals surface area contributed by atoms with Crippen molar-refractivity contribution in [2.45, 2.75) is 13.0 Å². The van der Waals surface area contributed by atoms with E-state index in [9.17, 15) is 9.59 Å². The molecule has 0 aromatic heterocycles. The maximum absolute atomic E-state index is 10.3. The number of hydrogen-bond donors (Lipinski definition) is 2. The molecule has 0 fully saturated rings. The second kappa shape index (κ2) is 3.92. The highest BCUT2D eigenvalue weighted by atomic mass is 16.5. The van der Waals surface area contributed by atoms with Crippen molar-refractivity contribution >= 4 is 11.9 Å². The smallest absolute Gasteiger partial charge is 0.320 e. The highest BCUT2D eigenvalue weighted by Crippen LogP contribution is 2.06. The fraction of sp³-hybridized carbons (Fsp3) is 0.667. The summed E-state index contributed by atoms with van der Waals surface area (Å²) in [5.41, 5.74) is 0. The van der Waals surface area contributed by atoms with E-state index in [-0.39, 0.29) is 0 Å². The summed E-state index contributed by atoms with van der Waals surface area (Å²) in [5.74, 6) is -4.25. The van der Waals surface area contributed by atoms with Gasteiger partial charge < -0.3 is 14.9 Å². The van der Waals surface area contributed by atoms with Crippen molar-refractivity contribution < 1.29 is 24.5 Å². The average Bonchev–Trinajstić information content (AvgIpc) is 1.85. The molecule has 0 heterocycles. The zero-order valence-corrected chi connectivity index (χ0v) is 6.27. The Labute approximate surface area is 63.6 Å². The van der Waals surface area contributed by atoms with Gasteiger partial charge in [-0.3, -0.25) is 9.59 Å². The van der Waals surface area contributed by atoms with Crippen LogP contribution in [0.1, 0.15) is 6.92 Å². The van der Waals surface area contributed by atoms with Gasteiger partial charge in [-0.05, 0) is 6.92 Å². The molecule has 0 saturated heterocycles. The van der Waals surface area contributed by atoms with Gasteiger partial charge in [-0.1, -0.05) is 0 Å². The monoisotopic (exact) mass is 162 g/mol. The van der Waals surface area contributed by atoms with Crippen molar-refractivity contribution in [3.05, 3.63) is 0 Å². The minimum atomic E-state index is -1.49. The molecular weight excluding hydrogens is 152 g/mol. The fourth-order valence-corrected chi connectivity index (χ4v) is 0.643. The Morgan fingerprint density at radius 3 is 1.73 bits per heavy atom. The Morgan fingerprint density at radius 1 is 1.27 bits per heavy atom. The maximum Gasteiger partial charge on any atom is 0.320 e. The van der Waals surface area contributed by atoms with Crippen LogP contribution in [0.3, 0.4) is 0 Å². The van der Waals surface area contributed by atoms with E-state index in [0.717, 1.165) is 0 Å². The molecule has 0 aliphatic heterocycles. The molecule has 0 aliphatic carbocycles. The lowest BCUT2D eigenvalue weighted by atomic mass is 10.1. The Hall–Kier alpha value is -1.10. The molecule has 1 atom stereocenters. The molecule has 0 aromatic rings. The SMILES string of the molecule is COC(C)C(C(=O)O)C(=O)O. The van der Waals surface area contributed by atoms with Crippen molar-refractivity contribution in [3.8, 4) is 0 Å². The van der Waals surface area contributed by atoms with Crippen molar-refractivity contribution in [2.24, 2.45) is 5.92 Å². The van der Waals surface area contributed by atoms with Crippen LogP contribution in [0.4, 0.5) is 0 Å². The van der Waals surface area contributed by atoms with Crippen LogP contribution < -0.4 is 0 Å². The highest BCUT2D eigenvalue weighted by Gasteiger charge is 2.31. The van der Waals surface area contributed by atoms with Gasteiger partial charge in [-0.15, -0.1) is 0 Å². The Bertz CT molecular complexity index is 150. The number of carboxylic acids is 2. The molecule has 0 aliphatic rings. The molecule has 11 heavy (non-hydrogen) atoms. The molecular formula is C6H10O5. The van der Waals surface area contributed by atoms with Gasteiger partial charge in [0.2, 0.25) is 0 Å². The van der Waals surface area contributed by atoms with Crippen molar-refractivity contribution in [1.82, 2.24) is 0 Å². The maximum atomic E-state index is 10.3. The molecule has 64 valence electrons. The van der Waals surface area contributed by atoms with Gasteiger partial charge in [0.1, 0.15) is 0 Å². The first-order valence-corrected chi connectivity index (χ1v) is 2.99. The number of hydrogen-bond acceptors (Lipinski definition) is 3. The summed E-state index contributed by atoms with van der Waals surface area (Å²) in [6.45, 7) is 1.40. The van der Waals surface area contributed by atoms with E-state index in [2.05, 4.69) is 4.74 Å². The molecule has 5 heteroatoms. The predicted octanol–water partition coefficient (Wildman–Crippen LogP) is -0.193. The lowest BCUT2D eigenvalue weighted by molar-refractivity contribution is -0.160. The van der Waals surface area contributed by atoms with Crippen LogP contribution in [0.5, 0.6) is 0 Å². The van der Waals surface area contributed by atoms with Crippen LogP contribution >= 0.6 is 0 Å². The predicted molar refractivity (Wildman–Crippen MR) is 35.2 cm³/mol. The number of rotatable bonds is 4. The normalized spacial score (nSPS) is 13.0. The van der Waals surface area contributed by atoms with E-state index in [4.69, 9.17) is 10.2 Å². The molecule has 0 bridgehead atoms. The Balaban J connectivity index is 4.34. The molecule has 0 aromatic carbocycles. The lowest BCUT2D eigenvalue weighted by Crippen LogP contribution is -2.34. The standard InChI is InChI=1S/C6H10O5/c1-3(11-2)4(5(7)8)6(9)10/h3-4H,1-2H3,(H,7,8)(H,9,10). The number of carbonyl (C=O) groups is 2. The van der Waals surface area contributed by atoms with Crippen LogP contribution in [0.15, 0.2) is 0 Å². The van der Waals surface area contributed by atoms with E-state index >= 15 is 0 Å². The third-order valence-electron chi connectivity index (χ3n) is 1.37. The summed E-state index contributed by atoms with van der Waals surface area (Å²) in [6.07, 6.45) is -0.815. The first kappa shape index (κ1) is 9.90. The van der Waals surface area contributed by atoms with Crippen molar-refractivity contribution in [2.75, 3.05) is 7.11 Å². The number of aliphatic carboxylic acids is 2. The summed E-state index contributed by atoms with van der Waals surface area (Å²) < 4.78 is 4.57. The highest BCUT2D eigenvalue weighted by molar-refractivity contribution is 5.93. The van der Waals surface area contributed by atoms with Crippen LogP contribution in [-0.2, 0) is 14.3 Å². The third kappa shape index (κ3) is 2.55. The molecule has 0 saturated carbocycles. The second-order valence-corrected chi connectivity index (χ2v) is 2.09. The van der Waals surface area contributed by atoms with Gasteiger partial charge in [-0.2, -0.15) is 0 Å².